The first kappa shape index (κ1) is 15.1. The maximum atomic E-state index is 4.61. The van der Waals surface area contributed by atoms with Gasteiger partial charge in [0.25, 0.3) is 0 Å². The van der Waals surface area contributed by atoms with Crippen LogP contribution in [-0.2, 0) is 6.42 Å². The lowest BCUT2D eigenvalue weighted by Crippen LogP contribution is -2.30. The van der Waals surface area contributed by atoms with Crippen LogP contribution in [0.1, 0.15) is 52.8 Å². The van der Waals surface area contributed by atoms with Crippen LogP contribution in [0.3, 0.4) is 0 Å². The van der Waals surface area contributed by atoms with Gasteiger partial charge >= 0.3 is 0 Å². The molecule has 4 nitrogen and oxygen atoms in total. The Hall–Kier alpha value is -1.32. The van der Waals surface area contributed by atoms with Crippen molar-refractivity contribution in [1.82, 2.24) is 9.97 Å². The number of hydrogen-bond acceptors (Lipinski definition) is 4. The predicted molar refractivity (Wildman–Crippen MR) is 85.2 cm³/mol. The van der Waals surface area contributed by atoms with Crippen molar-refractivity contribution >= 4 is 11.6 Å². The quantitative estimate of drug-likeness (QED) is 0.861. The Morgan fingerprint density at radius 3 is 2.50 bits per heavy atom. The molecule has 1 aromatic rings. The number of nitrogens with one attached hydrogen (secondary N) is 2. The van der Waals surface area contributed by atoms with Crippen molar-refractivity contribution in [1.29, 1.82) is 0 Å². The number of nitrogens with zero attached hydrogens (tertiary/aromatic N) is 2. The third kappa shape index (κ3) is 3.84. The Morgan fingerprint density at radius 1 is 1.10 bits per heavy atom. The fraction of sp³-hybridized carbons (Fsp3) is 0.750. The van der Waals surface area contributed by atoms with Crippen molar-refractivity contribution in [3.8, 4) is 0 Å². The highest BCUT2D eigenvalue weighted by Crippen LogP contribution is 2.31. The van der Waals surface area contributed by atoms with E-state index in [-0.39, 0.29) is 0 Å². The van der Waals surface area contributed by atoms with Crippen LogP contribution in [0.5, 0.6) is 0 Å². The zero-order valence-corrected chi connectivity index (χ0v) is 13.2. The summed E-state index contributed by atoms with van der Waals surface area (Å²) >= 11 is 0. The number of anilines is 2. The second-order valence-electron chi connectivity index (χ2n) is 6.05. The van der Waals surface area contributed by atoms with Crippen molar-refractivity contribution in [3.05, 3.63) is 11.9 Å². The maximum absolute atomic E-state index is 4.61. The zero-order chi connectivity index (χ0) is 14.5. The molecule has 1 aromatic heterocycles. The fourth-order valence-electron chi connectivity index (χ4n) is 2.89. The molecular weight excluding hydrogens is 248 g/mol. The molecule has 0 radical (unpaired) electrons. The standard InChI is InChI=1S/C16H28N4/c1-5-14-19-15(17-6-2)10-16(20-14)18-13-8-7-11(3)12(4)9-13/h10-13H,5-9H2,1-4H3,(H2,17,18,19,20). The van der Waals surface area contributed by atoms with Crippen LogP contribution in [0, 0.1) is 11.8 Å². The summed E-state index contributed by atoms with van der Waals surface area (Å²) in [7, 11) is 0. The van der Waals surface area contributed by atoms with Crippen LogP contribution in [0.2, 0.25) is 0 Å². The highest BCUT2D eigenvalue weighted by atomic mass is 15.1. The summed E-state index contributed by atoms with van der Waals surface area (Å²) in [5.41, 5.74) is 0. The molecule has 0 aliphatic heterocycles. The first-order chi connectivity index (χ1) is 9.62. The van der Waals surface area contributed by atoms with E-state index in [4.69, 9.17) is 0 Å². The molecule has 112 valence electrons. The average Bonchev–Trinajstić information content (AvgIpc) is 2.43. The summed E-state index contributed by atoms with van der Waals surface area (Å²) in [6, 6.07) is 2.58. The Bertz CT molecular complexity index is 432. The number of aryl methyl sites for hydroxylation is 1. The van der Waals surface area contributed by atoms with Crippen molar-refractivity contribution in [2.45, 2.75) is 59.4 Å². The van der Waals surface area contributed by atoms with Gasteiger partial charge in [0.05, 0.1) is 0 Å². The van der Waals surface area contributed by atoms with Gasteiger partial charge in [-0.05, 0) is 38.0 Å². The van der Waals surface area contributed by atoms with Crippen LogP contribution < -0.4 is 10.6 Å². The van der Waals surface area contributed by atoms with Crippen molar-refractivity contribution in [2.75, 3.05) is 17.2 Å². The van der Waals surface area contributed by atoms with Crippen LogP contribution in [0.15, 0.2) is 6.07 Å². The minimum atomic E-state index is 0.551. The van der Waals surface area contributed by atoms with Gasteiger partial charge in [-0.15, -0.1) is 0 Å². The molecule has 1 fully saturated rings. The third-order valence-corrected chi connectivity index (χ3v) is 4.40. The Kier molecular flexibility index (Phi) is 5.21. The smallest absolute Gasteiger partial charge is 0.132 e. The van der Waals surface area contributed by atoms with Crippen molar-refractivity contribution in [3.63, 3.8) is 0 Å². The molecule has 1 heterocycles. The van der Waals surface area contributed by atoms with E-state index >= 15 is 0 Å². The van der Waals surface area contributed by atoms with E-state index in [9.17, 15) is 0 Å². The monoisotopic (exact) mass is 276 g/mol. The molecule has 0 aromatic carbocycles. The molecule has 0 saturated heterocycles. The predicted octanol–water partition coefficient (Wildman–Crippen LogP) is 3.71. The van der Waals surface area contributed by atoms with E-state index in [0.29, 0.717) is 6.04 Å². The van der Waals surface area contributed by atoms with Crippen molar-refractivity contribution < 1.29 is 0 Å². The zero-order valence-electron chi connectivity index (χ0n) is 13.2. The normalized spacial score (nSPS) is 26.3. The molecule has 0 spiro atoms. The lowest BCUT2D eigenvalue weighted by atomic mass is 9.79. The lowest BCUT2D eigenvalue weighted by Gasteiger charge is -2.32. The number of hydrogen-bond donors (Lipinski definition) is 2. The van der Waals surface area contributed by atoms with Crippen LogP contribution >= 0.6 is 0 Å². The molecule has 4 heteroatoms. The first-order valence-corrected chi connectivity index (χ1v) is 8.00. The highest BCUT2D eigenvalue weighted by Gasteiger charge is 2.24. The molecule has 1 aliphatic carbocycles. The van der Waals surface area contributed by atoms with Gasteiger partial charge in [0.2, 0.25) is 0 Å². The molecule has 2 N–H and O–H groups in total. The van der Waals surface area contributed by atoms with Gasteiger partial charge in [-0.25, -0.2) is 9.97 Å². The van der Waals surface area contributed by atoms with Crippen molar-refractivity contribution in [2.24, 2.45) is 11.8 Å². The summed E-state index contributed by atoms with van der Waals surface area (Å²) < 4.78 is 0. The molecular formula is C16H28N4. The van der Waals surface area contributed by atoms with E-state index in [0.717, 1.165) is 42.3 Å². The fourth-order valence-corrected chi connectivity index (χ4v) is 2.89. The van der Waals surface area contributed by atoms with Crippen LogP contribution in [0.25, 0.3) is 0 Å². The second kappa shape index (κ2) is 6.91. The van der Waals surface area contributed by atoms with Crippen LogP contribution in [-0.4, -0.2) is 22.6 Å². The van der Waals surface area contributed by atoms with E-state index in [1.165, 1.54) is 19.3 Å². The molecule has 3 atom stereocenters. The summed E-state index contributed by atoms with van der Waals surface area (Å²) in [6.45, 7) is 9.80. The summed E-state index contributed by atoms with van der Waals surface area (Å²) in [4.78, 5) is 9.11. The first-order valence-electron chi connectivity index (χ1n) is 8.00. The van der Waals surface area contributed by atoms with Gasteiger partial charge in [0.15, 0.2) is 0 Å². The Labute approximate surface area is 122 Å². The molecule has 1 aliphatic rings. The second-order valence-corrected chi connectivity index (χ2v) is 6.05. The summed E-state index contributed by atoms with van der Waals surface area (Å²) in [5, 5.41) is 6.90. The molecule has 20 heavy (non-hydrogen) atoms. The van der Waals surface area contributed by atoms with E-state index in [1.807, 2.05) is 6.07 Å². The average molecular weight is 276 g/mol. The van der Waals surface area contributed by atoms with Gasteiger partial charge in [0, 0.05) is 25.1 Å². The van der Waals surface area contributed by atoms with Crippen LogP contribution in [0.4, 0.5) is 11.6 Å². The van der Waals surface area contributed by atoms with Gasteiger partial charge in [-0.2, -0.15) is 0 Å². The minimum Gasteiger partial charge on any atom is -0.370 e. The molecule has 0 bridgehead atoms. The number of aromatic nitrogens is 2. The Balaban J connectivity index is 2.06. The number of rotatable bonds is 5. The summed E-state index contributed by atoms with van der Waals surface area (Å²) in [6.07, 6.45) is 4.66. The molecule has 2 rings (SSSR count). The largest absolute Gasteiger partial charge is 0.370 e. The molecule has 1 saturated carbocycles. The van der Waals surface area contributed by atoms with E-state index in [2.05, 4.69) is 48.3 Å². The van der Waals surface area contributed by atoms with Gasteiger partial charge in [-0.3, -0.25) is 0 Å². The highest BCUT2D eigenvalue weighted by molar-refractivity contribution is 5.48. The lowest BCUT2D eigenvalue weighted by molar-refractivity contribution is 0.260. The molecule has 3 unspecified atom stereocenters. The van der Waals surface area contributed by atoms with Gasteiger partial charge < -0.3 is 10.6 Å². The molecule has 0 amide bonds. The summed E-state index contributed by atoms with van der Waals surface area (Å²) in [5.74, 6) is 4.45. The van der Waals surface area contributed by atoms with E-state index < -0.39 is 0 Å². The maximum Gasteiger partial charge on any atom is 0.132 e. The third-order valence-electron chi connectivity index (χ3n) is 4.40. The van der Waals surface area contributed by atoms with E-state index in [1.54, 1.807) is 0 Å². The minimum absolute atomic E-state index is 0.551. The van der Waals surface area contributed by atoms with Gasteiger partial charge in [0.1, 0.15) is 17.5 Å². The van der Waals surface area contributed by atoms with Gasteiger partial charge in [-0.1, -0.05) is 20.8 Å². The topological polar surface area (TPSA) is 49.8 Å². The SMILES string of the molecule is CCNc1cc(NC2CCC(C)C(C)C2)nc(CC)n1. The Morgan fingerprint density at radius 2 is 1.85 bits per heavy atom.